The van der Waals surface area contributed by atoms with Crippen molar-refractivity contribution >= 4 is 50.4 Å². The van der Waals surface area contributed by atoms with Crippen LogP contribution in [-0.2, 0) is 9.53 Å². The van der Waals surface area contributed by atoms with Crippen molar-refractivity contribution in [3.63, 3.8) is 0 Å². The SMILES string of the molecule is COC(=O)c1ccc2nc(NC(=O)CN3C(=O)c4ccccc4C3=O)sc2c1. The molecule has 9 heteroatoms. The van der Waals surface area contributed by atoms with Crippen LogP contribution in [0, 0.1) is 0 Å². The zero-order valence-electron chi connectivity index (χ0n) is 14.6. The van der Waals surface area contributed by atoms with Crippen molar-refractivity contribution in [1.82, 2.24) is 9.88 Å². The number of methoxy groups -OCH3 is 1. The highest BCUT2D eigenvalue weighted by Gasteiger charge is 2.36. The van der Waals surface area contributed by atoms with Crippen LogP contribution in [0.2, 0.25) is 0 Å². The Labute approximate surface area is 162 Å². The molecule has 0 saturated heterocycles. The average Bonchev–Trinajstić information content (AvgIpc) is 3.20. The molecule has 28 heavy (non-hydrogen) atoms. The van der Waals surface area contributed by atoms with E-state index < -0.39 is 30.2 Å². The Hall–Kier alpha value is -3.59. The molecule has 0 saturated carbocycles. The first-order chi connectivity index (χ1) is 13.5. The highest BCUT2D eigenvalue weighted by atomic mass is 32.1. The molecule has 1 aliphatic rings. The zero-order chi connectivity index (χ0) is 19.8. The number of nitrogens with zero attached hydrogens (tertiary/aromatic N) is 2. The van der Waals surface area contributed by atoms with Crippen molar-refractivity contribution in [1.29, 1.82) is 0 Å². The number of nitrogens with one attached hydrogen (secondary N) is 1. The summed E-state index contributed by atoms with van der Waals surface area (Å²) in [7, 11) is 1.30. The number of esters is 1. The number of amides is 3. The van der Waals surface area contributed by atoms with Gasteiger partial charge in [0, 0.05) is 0 Å². The minimum atomic E-state index is -0.540. The van der Waals surface area contributed by atoms with Gasteiger partial charge in [-0.2, -0.15) is 0 Å². The fourth-order valence-corrected chi connectivity index (χ4v) is 3.83. The predicted molar refractivity (Wildman–Crippen MR) is 101 cm³/mol. The van der Waals surface area contributed by atoms with Gasteiger partial charge in [-0.1, -0.05) is 23.5 Å². The van der Waals surface area contributed by atoms with Crippen molar-refractivity contribution < 1.29 is 23.9 Å². The topological polar surface area (TPSA) is 106 Å². The van der Waals surface area contributed by atoms with Gasteiger partial charge >= 0.3 is 5.97 Å². The Balaban J connectivity index is 1.49. The smallest absolute Gasteiger partial charge is 0.337 e. The summed E-state index contributed by atoms with van der Waals surface area (Å²) in [5.41, 5.74) is 1.56. The molecule has 2 aromatic carbocycles. The number of aromatic nitrogens is 1. The third kappa shape index (κ3) is 3.01. The number of ether oxygens (including phenoxy) is 1. The van der Waals surface area contributed by atoms with Crippen molar-refractivity contribution in [2.24, 2.45) is 0 Å². The van der Waals surface area contributed by atoms with Gasteiger partial charge in [-0.15, -0.1) is 0 Å². The molecular formula is C19H13N3O5S. The van der Waals surface area contributed by atoms with Crippen LogP contribution in [0.25, 0.3) is 10.2 Å². The van der Waals surface area contributed by atoms with E-state index in [1.165, 1.54) is 18.4 Å². The standard InChI is InChI=1S/C19H13N3O5S/c1-27-18(26)10-6-7-13-14(8-10)28-19(20-13)21-15(23)9-22-16(24)11-4-2-3-5-12(11)17(22)25/h2-8H,9H2,1H3,(H,20,21,23). The van der Waals surface area contributed by atoms with E-state index in [9.17, 15) is 19.2 Å². The highest BCUT2D eigenvalue weighted by molar-refractivity contribution is 7.22. The molecule has 1 aliphatic heterocycles. The van der Waals surface area contributed by atoms with E-state index in [1.54, 1.807) is 42.5 Å². The minimum absolute atomic E-state index is 0.288. The number of imide groups is 1. The van der Waals surface area contributed by atoms with Crippen LogP contribution in [0.4, 0.5) is 5.13 Å². The van der Waals surface area contributed by atoms with E-state index in [-0.39, 0.29) is 11.1 Å². The van der Waals surface area contributed by atoms with Gasteiger partial charge in [0.25, 0.3) is 11.8 Å². The highest BCUT2D eigenvalue weighted by Crippen LogP contribution is 2.27. The number of fused-ring (bicyclic) bond motifs is 2. The second-order valence-electron chi connectivity index (χ2n) is 5.98. The van der Waals surface area contributed by atoms with Crippen LogP contribution in [0.15, 0.2) is 42.5 Å². The Kier molecular flexibility index (Phi) is 4.36. The Morgan fingerprint density at radius 2 is 1.79 bits per heavy atom. The summed E-state index contributed by atoms with van der Waals surface area (Å²) >= 11 is 1.18. The van der Waals surface area contributed by atoms with Crippen LogP contribution in [0.1, 0.15) is 31.1 Å². The van der Waals surface area contributed by atoms with E-state index in [2.05, 4.69) is 15.0 Å². The van der Waals surface area contributed by atoms with Gasteiger partial charge in [-0.3, -0.25) is 19.3 Å². The van der Waals surface area contributed by atoms with Crippen LogP contribution in [-0.4, -0.2) is 47.2 Å². The average molecular weight is 395 g/mol. The zero-order valence-corrected chi connectivity index (χ0v) is 15.4. The second kappa shape index (κ2) is 6.86. The number of carbonyl (C=O) groups excluding carboxylic acids is 4. The molecule has 3 amide bonds. The Bertz CT molecular complexity index is 1120. The van der Waals surface area contributed by atoms with Crippen LogP contribution < -0.4 is 5.32 Å². The molecule has 8 nitrogen and oxygen atoms in total. The first-order valence-corrected chi connectivity index (χ1v) is 9.03. The third-order valence-electron chi connectivity index (χ3n) is 4.24. The van der Waals surface area contributed by atoms with Gasteiger partial charge in [0.15, 0.2) is 5.13 Å². The number of rotatable bonds is 4. The molecule has 0 aliphatic carbocycles. The van der Waals surface area contributed by atoms with Crippen molar-refractivity contribution in [3.8, 4) is 0 Å². The fraction of sp³-hybridized carbons (Fsp3) is 0.105. The van der Waals surface area contributed by atoms with Gasteiger partial charge in [0.1, 0.15) is 6.54 Å². The summed E-state index contributed by atoms with van der Waals surface area (Å²) in [6.45, 7) is -0.407. The lowest BCUT2D eigenvalue weighted by molar-refractivity contribution is -0.116. The predicted octanol–water partition coefficient (Wildman–Crippen LogP) is 2.32. The normalized spacial score (nSPS) is 13.0. The maximum Gasteiger partial charge on any atom is 0.337 e. The minimum Gasteiger partial charge on any atom is -0.465 e. The number of hydrogen-bond donors (Lipinski definition) is 1. The number of carbonyl (C=O) groups is 4. The molecule has 0 bridgehead atoms. The van der Waals surface area contributed by atoms with E-state index in [4.69, 9.17) is 0 Å². The Morgan fingerprint density at radius 3 is 2.43 bits per heavy atom. The molecule has 0 radical (unpaired) electrons. The molecule has 2 heterocycles. The van der Waals surface area contributed by atoms with E-state index in [0.717, 1.165) is 4.90 Å². The summed E-state index contributed by atoms with van der Waals surface area (Å²) < 4.78 is 5.38. The molecule has 0 unspecified atom stereocenters. The number of hydrogen-bond acceptors (Lipinski definition) is 7. The summed E-state index contributed by atoms with van der Waals surface area (Å²) in [5, 5.41) is 2.90. The summed E-state index contributed by atoms with van der Waals surface area (Å²) in [4.78, 5) is 53.8. The van der Waals surface area contributed by atoms with E-state index in [0.29, 0.717) is 20.9 Å². The summed E-state index contributed by atoms with van der Waals surface area (Å²) in [6.07, 6.45) is 0. The molecule has 4 rings (SSSR count). The molecule has 1 N–H and O–H groups in total. The first-order valence-electron chi connectivity index (χ1n) is 8.22. The van der Waals surface area contributed by atoms with Gasteiger partial charge in [0.2, 0.25) is 5.91 Å². The van der Waals surface area contributed by atoms with Crippen LogP contribution in [0.5, 0.6) is 0 Å². The molecule has 3 aromatic rings. The lowest BCUT2D eigenvalue weighted by Gasteiger charge is -2.12. The van der Waals surface area contributed by atoms with Crippen LogP contribution in [0.3, 0.4) is 0 Å². The molecular weight excluding hydrogens is 382 g/mol. The van der Waals surface area contributed by atoms with Crippen LogP contribution >= 0.6 is 11.3 Å². The molecule has 0 fully saturated rings. The molecule has 1 aromatic heterocycles. The third-order valence-corrected chi connectivity index (χ3v) is 5.17. The maximum absolute atomic E-state index is 12.3. The molecule has 0 atom stereocenters. The number of benzene rings is 2. The van der Waals surface area contributed by atoms with Crippen molar-refractivity contribution in [2.45, 2.75) is 0 Å². The van der Waals surface area contributed by atoms with Crippen molar-refractivity contribution in [2.75, 3.05) is 19.0 Å². The van der Waals surface area contributed by atoms with Gasteiger partial charge < -0.3 is 10.1 Å². The van der Waals surface area contributed by atoms with Gasteiger partial charge in [-0.05, 0) is 30.3 Å². The van der Waals surface area contributed by atoms with Crippen molar-refractivity contribution in [3.05, 3.63) is 59.2 Å². The maximum atomic E-state index is 12.3. The number of anilines is 1. The quantitative estimate of drug-likeness (QED) is 0.537. The summed E-state index contributed by atoms with van der Waals surface area (Å²) in [5.74, 6) is -2.00. The lowest BCUT2D eigenvalue weighted by atomic mass is 10.1. The van der Waals surface area contributed by atoms with E-state index in [1.807, 2.05) is 0 Å². The Morgan fingerprint density at radius 1 is 1.11 bits per heavy atom. The second-order valence-corrected chi connectivity index (χ2v) is 7.01. The van der Waals surface area contributed by atoms with Gasteiger partial charge in [0.05, 0.1) is 34.0 Å². The lowest BCUT2D eigenvalue weighted by Crippen LogP contribution is -2.37. The summed E-state index contributed by atoms with van der Waals surface area (Å²) in [6, 6.07) is 11.3. The first kappa shape index (κ1) is 17.8. The van der Waals surface area contributed by atoms with E-state index >= 15 is 0 Å². The fourth-order valence-electron chi connectivity index (χ4n) is 2.91. The largest absolute Gasteiger partial charge is 0.465 e. The monoisotopic (exact) mass is 395 g/mol. The number of thiazole rings is 1. The van der Waals surface area contributed by atoms with Gasteiger partial charge in [-0.25, -0.2) is 9.78 Å². The molecule has 0 spiro atoms. The molecule has 140 valence electrons.